The van der Waals surface area contributed by atoms with E-state index in [1.165, 1.54) is 19.3 Å². The van der Waals surface area contributed by atoms with Gasteiger partial charge in [0.25, 0.3) is 0 Å². The van der Waals surface area contributed by atoms with Gasteiger partial charge in [-0.05, 0) is 87.6 Å². The fourth-order valence-electron chi connectivity index (χ4n) is 10.4. The number of nitriles is 1. The Balaban J connectivity index is 1.43. The number of ether oxygens (including phenoxy) is 1. The molecular formula is C29H42N2O3. The van der Waals surface area contributed by atoms with E-state index in [-0.39, 0.29) is 30.0 Å². The van der Waals surface area contributed by atoms with Crippen LogP contribution in [-0.4, -0.2) is 47.8 Å². The topological polar surface area (TPSA) is 73.6 Å². The van der Waals surface area contributed by atoms with E-state index < -0.39 is 22.2 Å². The van der Waals surface area contributed by atoms with Crippen molar-refractivity contribution in [2.45, 2.75) is 90.8 Å². The minimum Gasteiger partial charge on any atom is -0.481 e. The molecule has 186 valence electrons. The first-order valence-corrected chi connectivity index (χ1v) is 14.1. The molecule has 6 unspecified atom stereocenters. The molecule has 0 aromatic rings. The van der Waals surface area contributed by atoms with E-state index in [4.69, 9.17) is 4.74 Å². The number of rotatable bonds is 5. The van der Waals surface area contributed by atoms with E-state index in [2.05, 4.69) is 37.8 Å². The summed E-state index contributed by atoms with van der Waals surface area (Å²) >= 11 is 0. The summed E-state index contributed by atoms with van der Waals surface area (Å²) < 4.78 is 6.93. The zero-order valence-corrected chi connectivity index (χ0v) is 21.3. The summed E-state index contributed by atoms with van der Waals surface area (Å²) in [7, 11) is 0. The van der Waals surface area contributed by atoms with Crippen LogP contribution in [0.4, 0.5) is 0 Å². The number of carbonyl (C=O) groups is 1. The number of piperidine rings is 1. The number of hydrogen-bond acceptors (Lipinski definition) is 4. The van der Waals surface area contributed by atoms with E-state index in [9.17, 15) is 15.2 Å². The van der Waals surface area contributed by atoms with E-state index in [1.54, 1.807) is 0 Å². The molecule has 0 radical (unpaired) electrons. The van der Waals surface area contributed by atoms with Gasteiger partial charge in [0.15, 0.2) is 0 Å². The average Bonchev–Trinajstić information content (AvgIpc) is 3.54. The van der Waals surface area contributed by atoms with Gasteiger partial charge >= 0.3 is 5.97 Å². The smallest absolute Gasteiger partial charge is 0.316 e. The monoisotopic (exact) mass is 466 g/mol. The third-order valence-electron chi connectivity index (χ3n) is 11.5. The lowest BCUT2D eigenvalue weighted by molar-refractivity contribution is -0.191. The molecule has 0 aromatic carbocycles. The lowest BCUT2D eigenvalue weighted by atomic mass is 9.41. The molecule has 34 heavy (non-hydrogen) atoms. The van der Waals surface area contributed by atoms with Crippen molar-refractivity contribution < 1.29 is 14.6 Å². The van der Waals surface area contributed by atoms with Crippen LogP contribution in [0.3, 0.4) is 0 Å². The third kappa shape index (κ3) is 2.60. The van der Waals surface area contributed by atoms with Crippen molar-refractivity contribution >= 4 is 5.97 Å². The predicted octanol–water partition coefficient (Wildman–Crippen LogP) is 5.27. The van der Waals surface area contributed by atoms with Crippen molar-refractivity contribution in [3.05, 3.63) is 11.6 Å². The number of aliphatic carboxylic acids is 1. The van der Waals surface area contributed by atoms with Crippen molar-refractivity contribution in [1.82, 2.24) is 4.90 Å². The summed E-state index contributed by atoms with van der Waals surface area (Å²) in [4.78, 5) is 16.2. The normalized spacial score (nSPS) is 49.8. The van der Waals surface area contributed by atoms with Gasteiger partial charge in [-0.3, -0.25) is 4.79 Å². The second-order valence-electron chi connectivity index (χ2n) is 13.0. The van der Waals surface area contributed by atoms with Crippen LogP contribution >= 0.6 is 0 Å². The highest BCUT2D eigenvalue weighted by Crippen LogP contribution is 2.84. The summed E-state index contributed by atoms with van der Waals surface area (Å²) in [6.45, 7) is 9.91. The van der Waals surface area contributed by atoms with Crippen molar-refractivity contribution in [2.75, 3.05) is 19.6 Å². The van der Waals surface area contributed by atoms with Crippen LogP contribution in [0.25, 0.3) is 0 Å². The van der Waals surface area contributed by atoms with Crippen LogP contribution < -0.4 is 0 Å². The molecule has 2 aliphatic heterocycles. The highest BCUT2D eigenvalue weighted by Gasteiger charge is 2.86. The van der Waals surface area contributed by atoms with Gasteiger partial charge in [0, 0.05) is 12.0 Å². The van der Waals surface area contributed by atoms with Gasteiger partial charge in [-0.2, -0.15) is 5.26 Å². The lowest BCUT2D eigenvalue weighted by Crippen LogP contribution is -2.64. The molecule has 0 aromatic heterocycles. The molecule has 1 N–H and O–H groups in total. The number of likely N-dealkylation sites (tertiary alicyclic amines) is 1. The molecule has 6 rings (SSSR count). The zero-order valence-electron chi connectivity index (χ0n) is 21.3. The standard InChI is InChI=1S/C29H42N2O3/c1-18(2)24-13-20-14-27(17-30)23-9-7-19(3)22(23)15-28(20,29(24,27)26(32)33)25-10-8-21(34-25)16-31-11-5-4-6-12-31/h13,18-23,25H,4-12,14-16H2,1-3H3,(H,32,33)/t19-,20?,21?,22-,23-,25?,27?,28?,29?/m1/s1. The summed E-state index contributed by atoms with van der Waals surface area (Å²) in [6, 6.07) is 2.78. The van der Waals surface area contributed by atoms with Crippen LogP contribution in [0, 0.1) is 57.2 Å². The van der Waals surface area contributed by atoms with Gasteiger partial charge in [-0.1, -0.05) is 45.3 Å². The maximum absolute atomic E-state index is 13.6. The van der Waals surface area contributed by atoms with E-state index >= 15 is 0 Å². The zero-order chi connectivity index (χ0) is 23.9. The molecule has 6 aliphatic rings. The Hall–Kier alpha value is -1.38. The van der Waals surface area contributed by atoms with Crippen molar-refractivity contribution in [1.29, 1.82) is 5.26 Å². The van der Waals surface area contributed by atoms with Crippen LogP contribution in [0.2, 0.25) is 0 Å². The fourth-order valence-corrected chi connectivity index (χ4v) is 10.4. The molecule has 4 bridgehead atoms. The Kier molecular flexibility index (Phi) is 5.29. The molecule has 2 heterocycles. The van der Waals surface area contributed by atoms with Crippen molar-refractivity contribution in [3.8, 4) is 6.07 Å². The predicted molar refractivity (Wildman–Crippen MR) is 130 cm³/mol. The summed E-state index contributed by atoms with van der Waals surface area (Å²) in [5.41, 5.74) is -1.31. The Labute approximate surface area is 204 Å². The second-order valence-corrected chi connectivity index (χ2v) is 13.0. The second kappa shape index (κ2) is 7.81. The van der Waals surface area contributed by atoms with Crippen LogP contribution in [0.1, 0.15) is 78.6 Å². The quantitative estimate of drug-likeness (QED) is 0.559. The van der Waals surface area contributed by atoms with Gasteiger partial charge < -0.3 is 14.7 Å². The molecule has 4 aliphatic carbocycles. The van der Waals surface area contributed by atoms with E-state index in [1.807, 2.05) is 0 Å². The number of hydrogen-bond donors (Lipinski definition) is 1. The number of nitrogens with zero attached hydrogens (tertiary/aromatic N) is 2. The molecule has 3 saturated carbocycles. The van der Waals surface area contributed by atoms with Crippen LogP contribution in [-0.2, 0) is 9.53 Å². The number of allylic oxidation sites excluding steroid dienone is 1. The van der Waals surface area contributed by atoms with Gasteiger partial charge in [-0.15, -0.1) is 0 Å². The van der Waals surface area contributed by atoms with Gasteiger partial charge in [0.1, 0.15) is 5.41 Å². The lowest BCUT2D eigenvalue weighted by Gasteiger charge is -2.59. The van der Waals surface area contributed by atoms with Crippen LogP contribution in [0.5, 0.6) is 0 Å². The molecule has 9 atom stereocenters. The van der Waals surface area contributed by atoms with Crippen molar-refractivity contribution in [2.24, 2.45) is 45.8 Å². The largest absolute Gasteiger partial charge is 0.481 e. The van der Waals surface area contributed by atoms with Crippen LogP contribution in [0.15, 0.2) is 11.6 Å². The minimum atomic E-state index is -1.09. The molecule has 5 nitrogen and oxygen atoms in total. The summed E-state index contributed by atoms with van der Waals surface area (Å²) in [6.07, 6.45) is 12.1. The van der Waals surface area contributed by atoms with Gasteiger partial charge in [0.05, 0.1) is 23.7 Å². The summed E-state index contributed by atoms with van der Waals surface area (Å²) in [5.74, 6) is 0.756. The first kappa shape index (κ1) is 23.0. The Morgan fingerprint density at radius 3 is 2.65 bits per heavy atom. The molecule has 0 spiro atoms. The van der Waals surface area contributed by atoms with Crippen molar-refractivity contribution in [3.63, 3.8) is 0 Å². The fraction of sp³-hybridized carbons (Fsp3) is 0.862. The Bertz CT molecular complexity index is 932. The number of carboxylic acids is 1. The van der Waals surface area contributed by atoms with E-state index in [0.717, 1.165) is 63.7 Å². The maximum atomic E-state index is 13.6. The third-order valence-corrected chi connectivity index (χ3v) is 11.5. The number of carboxylic acid groups (broad SMARTS) is 1. The molecule has 5 fully saturated rings. The molecular weight excluding hydrogens is 424 g/mol. The SMILES string of the molecule is CC(C)C1=CC2CC3(C#N)[C@@H]4CC[C@@H](C)[C@H]4CC2(C2CCC(CN4CCCCC4)O2)C13C(=O)O. The first-order chi connectivity index (χ1) is 16.3. The molecule has 5 heteroatoms. The molecule has 2 saturated heterocycles. The van der Waals surface area contributed by atoms with Gasteiger partial charge in [-0.25, -0.2) is 0 Å². The Morgan fingerprint density at radius 1 is 1.21 bits per heavy atom. The first-order valence-electron chi connectivity index (χ1n) is 14.1. The number of fused-ring (bicyclic) bond motifs is 2. The van der Waals surface area contributed by atoms with Gasteiger partial charge in [0.2, 0.25) is 0 Å². The minimum absolute atomic E-state index is 0.0557. The highest BCUT2D eigenvalue weighted by atomic mass is 16.5. The highest BCUT2D eigenvalue weighted by molar-refractivity contribution is 5.86. The Morgan fingerprint density at radius 2 is 1.97 bits per heavy atom. The molecule has 0 amide bonds. The maximum Gasteiger partial charge on any atom is 0.316 e. The summed E-state index contributed by atoms with van der Waals surface area (Å²) in [5, 5.41) is 22.1. The average molecular weight is 467 g/mol. The van der Waals surface area contributed by atoms with E-state index in [0.29, 0.717) is 11.8 Å².